The summed E-state index contributed by atoms with van der Waals surface area (Å²) in [5.41, 5.74) is 8.40. The molecular weight excluding hydrogens is 253 g/mol. The highest BCUT2D eigenvalue weighted by Crippen LogP contribution is 2.41. The molecule has 3 nitrogen and oxygen atoms in total. The first-order chi connectivity index (χ1) is 9.61. The van der Waals surface area contributed by atoms with E-state index in [2.05, 4.69) is 16.5 Å². The highest BCUT2D eigenvalue weighted by atomic mass is 19.1. The molecular formula is C16H20FN3. The number of aryl methyl sites for hydroxylation is 2. The fraction of sp³-hybridized carbons (Fsp3) is 0.438. The van der Waals surface area contributed by atoms with Gasteiger partial charge in [-0.1, -0.05) is 19.1 Å². The number of halogens is 1. The number of nitrogen functional groups attached to an aromatic ring is 1. The molecule has 106 valence electrons. The van der Waals surface area contributed by atoms with Crippen LogP contribution in [0.1, 0.15) is 43.6 Å². The van der Waals surface area contributed by atoms with E-state index in [4.69, 9.17) is 5.73 Å². The number of hydrogen-bond donors (Lipinski definition) is 1. The van der Waals surface area contributed by atoms with E-state index >= 15 is 0 Å². The van der Waals surface area contributed by atoms with Gasteiger partial charge in [0.15, 0.2) is 0 Å². The van der Waals surface area contributed by atoms with Crippen LogP contribution in [0.5, 0.6) is 0 Å². The van der Waals surface area contributed by atoms with Crippen LogP contribution in [-0.4, -0.2) is 9.55 Å². The molecule has 1 aliphatic rings. The summed E-state index contributed by atoms with van der Waals surface area (Å²) in [6, 6.07) is 5.69. The molecule has 0 spiro atoms. The van der Waals surface area contributed by atoms with E-state index in [1.165, 1.54) is 18.9 Å². The number of aromatic nitrogens is 2. The number of rotatable bonds is 4. The second kappa shape index (κ2) is 4.93. The molecule has 1 aromatic carbocycles. The standard InChI is InChI=1S/C16H20FN3/c1-3-4-14-19-15(16(18)20(14)12-7-8-12)11-6-5-10(2)13(17)9-11/h5-6,9,12H,3-4,7-8,18H2,1-2H3. The first-order valence-corrected chi connectivity index (χ1v) is 7.25. The summed E-state index contributed by atoms with van der Waals surface area (Å²) in [4.78, 5) is 4.67. The Morgan fingerprint density at radius 2 is 2.15 bits per heavy atom. The number of benzene rings is 1. The summed E-state index contributed by atoms with van der Waals surface area (Å²) in [6.45, 7) is 3.89. The van der Waals surface area contributed by atoms with Gasteiger partial charge in [-0.2, -0.15) is 0 Å². The molecule has 0 aliphatic heterocycles. The number of nitrogens with zero attached hydrogens (tertiary/aromatic N) is 2. The minimum absolute atomic E-state index is 0.208. The van der Waals surface area contributed by atoms with E-state index in [1.54, 1.807) is 13.0 Å². The van der Waals surface area contributed by atoms with Crippen molar-refractivity contribution < 1.29 is 4.39 Å². The van der Waals surface area contributed by atoms with Crippen LogP contribution >= 0.6 is 0 Å². The fourth-order valence-electron chi connectivity index (χ4n) is 2.59. The molecule has 3 rings (SSSR count). The third kappa shape index (κ3) is 2.19. The highest BCUT2D eigenvalue weighted by Gasteiger charge is 2.29. The summed E-state index contributed by atoms with van der Waals surface area (Å²) < 4.78 is 15.9. The largest absolute Gasteiger partial charge is 0.383 e. The molecule has 0 radical (unpaired) electrons. The van der Waals surface area contributed by atoms with Gasteiger partial charge in [0, 0.05) is 18.0 Å². The fourth-order valence-corrected chi connectivity index (χ4v) is 2.59. The van der Waals surface area contributed by atoms with Crippen LogP contribution in [0.15, 0.2) is 18.2 Å². The van der Waals surface area contributed by atoms with Crippen LogP contribution in [0.25, 0.3) is 11.3 Å². The maximum Gasteiger partial charge on any atom is 0.131 e. The minimum Gasteiger partial charge on any atom is -0.383 e. The van der Waals surface area contributed by atoms with Gasteiger partial charge >= 0.3 is 0 Å². The predicted octanol–water partition coefficient (Wildman–Crippen LogP) is 3.87. The molecule has 0 bridgehead atoms. The van der Waals surface area contributed by atoms with Gasteiger partial charge in [-0.25, -0.2) is 9.37 Å². The minimum atomic E-state index is -0.208. The topological polar surface area (TPSA) is 43.8 Å². The Bertz CT molecular complexity index is 641. The van der Waals surface area contributed by atoms with Gasteiger partial charge in [0.05, 0.1) is 0 Å². The molecule has 2 aromatic rings. The van der Waals surface area contributed by atoms with Crippen molar-refractivity contribution in [3.63, 3.8) is 0 Å². The van der Waals surface area contributed by atoms with Gasteiger partial charge in [-0.3, -0.25) is 0 Å². The van der Waals surface area contributed by atoms with Gasteiger partial charge in [-0.15, -0.1) is 0 Å². The van der Waals surface area contributed by atoms with Crippen molar-refractivity contribution in [1.82, 2.24) is 9.55 Å². The van der Waals surface area contributed by atoms with Gasteiger partial charge in [-0.05, 0) is 37.8 Å². The number of hydrogen-bond acceptors (Lipinski definition) is 2. The lowest BCUT2D eigenvalue weighted by molar-refractivity contribution is 0.619. The highest BCUT2D eigenvalue weighted by molar-refractivity contribution is 5.71. The quantitative estimate of drug-likeness (QED) is 0.919. The lowest BCUT2D eigenvalue weighted by Crippen LogP contribution is -2.05. The summed E-state index contributed by atoms with van der Waals surface area (Å²) in [5.74, 6) is 1.50. The molecule has 0 amide bonds. The monoisotopic (exact) mass is 273 g/mol. The molecule has 1 heterocycles. The first kappa shape index (κ1) is 13.2. The number of anilines is 1. The Hall–Kier alpha value is -1.84. The van der Waals surface area contributed by atoms with E-state index in [0.717, 1.165) is 29.9 Å². The Labute approximate surface area is 118 Å². The zero-order valence-corrected chi connectivity index (χ0v) is 12.0. The summed E-state index contributed by atoms with van der Waals surface area (Å²) >= 11 is 0. The second-order valence-electron chi connectivity index (χ2n) is 5.58. The van der Waals surface area contributed by atoms with Crippen molar-refractivity contribution >= 4 is 5.82 Å². The molecule has 1 fully saturated rings. The Balaban J connectivity index is 2.08. The molecule has 1 saturated carbocycles. The second-order valence-corrected chi connectivity index (χ2v) is 5.58. The molecule has 0 saturated heterocycles. The Morgan fingerprint density at radius 1 is 1.40 bits per heavy atom. The zero-order valence-electron chi connectivity index (χ0n) is 12.0. The first-order valence-electron chi connectivity index (χ1n) is 7.25. The zero-order chi connectivity index (χ0) is 14.3. The van der Waals surface area contributed by atoms with Gasteiger partial charge in [0.2, 0.25) is 0 Å². The van der Waals surface area contributed by atoms with Crippen LogP contribution in [-0.2, 0) is 6.42 Å². The molecule has 2 N–H and O–H groups in total. The van der Waals surface area contributed by atoms with E-state index in [1.807, 2.05) is 6.07 Å². The van der Waals surface area contributed by atoms with E-state index in [9.17, 15) is 4.39 Å². The van der Waals surface area contributed by atoms with Crippen molar-refractivity contribution in [1.29, 1.82) is 0 Å². The van der Waals surface area contributed by atoms with Crippen LogP contribution in [0.2, 0.25) is 0 Å². The smallest absolute Gasteiger partial charge is 0.131 e. The summed E-state index contributed by atoms with van der Waals surface area (Å²) in [7, 11) is 0. The van der Waals surface area contributed by atoms with E-state index < -0.39 is 0 Å². The van der Waals surface area contributed by atoms with Crippen molar-refractivity contribution in [3.8, 4) is 11.3 Å². The molecule has 0 unspecified atom stereocenters. The SMILES string of the molecule is CCCc1nc(-c2ccc(C)c(F)c2)c(N)n1C1CC1. The normalized spacial score (nSPS) is 14.8. The maximum absolute atomic E-state index is 13.7. The van der Waals surface area contributed by atoms with Crippen LogP contribution in [0.3, 0.4) is 0 Å². The average Bonchev–Trinajstić information content (AvgIpc) is 3.19. The van der Waals surface area contributed by atoms with Crippen LogP contribution < -0.4 is 5.73 Å². The van der Waals surface area contributed by atoms with Crippen molar-refractivity contribution in [2.24, 2.45) is 0 Å². The van der Waals surface area contributed by atoms with Crippen molar-refractivity contribution in [3.05, 3.63) is 35.4 Å². The van der Waals surface area contributed by atoms with E-state index in [-0.39, 0.29) is 5.82 Å². The Kier molecular flexibility index (Phi) is 3.24. The predicted molar refractivity (Wildman–Crippen MR) is 79.0 cm³/mol. The number of imidazole rings is 1. The molecule has 20 heavy (non-hydrogen) atoms. The van der Waals surface area contributed by atoms with Gasteiger partial charge < -0.3 is 10.3 Å². The summed E-state index contributed by atoms with van der Waals surface area (Å²) in [6.07, 6.45) is 4.28. The van der Waals surface area contributed by atoms with Crippen LogP contribution in [0.4, 0.5) is 10.2 Å². The molecule has 1 aromatic heterocycles. The van der Waals surface area contributed by atoms with Gasteiger partial charge in [0.25, 0.3) is 0 Å². The summed E-state index contributed by atoms with van der Waals surface area (Å²) in [5, 5.41) is 0. The maximum atomic E-state index is 13.7. The molecule has 4 heteroatoms. The lowest BCUT2D eigenvalue weighted by Gasteiger charge is -2.07. The Morgan fingerprint density at radius 3 is 2.75 bits per heavy atom. The number of nitrogens with two attached hydrogens (primary N) is 1. The third-order valence-corrected chi connectivity index (χ3v) is 3.85. The van der Waals surface area contributed by atoms with Crippen LogP contribution in [0, 0.1) is 12.7 Å². The van der Waals surface area contributed by atoms with E-state index in [0.29, 0.717) is 17.4 Å². The lowest BCUT2D eigenvalue weighted by atomic mass is 10.1. The third-order valence-electron chi connectivity index (χ3n) is 3.85. The molecule has 0 atom stereocenters. The average molecular weight is 273 g/mol. The van der Waals surface area contributed by atoms with Gasteiger partial charge in [0.1, 0.15) is 23.2 Å². The van der Waals surface area contributed by atoms with Crippen molar-refractivity contribution in [2.75, 3.05) is 5.73 Å². The molecule has 1 aliphatic carbocycles. The van der Waals surface area contributed by atoms with Crippen molar-refractivity contribution in [2.45, 2.75) is 45.6 Å².